The lowest BCUT2D eigenvalue weighted by atomic mass is 10.3. The van der Waals surface area contributed by atoms with Crippen LogP contribution in [0.1, 0.15) is 0 Å². The maximum Gasteiger partial charge on any atom is 0.323 e. The summed E-state index contributed by atoms with van der Waals surface area (Å²) in [5, 5.41) is 17.1. The highest BCUT2D eigenvalue weighted by molar-refractivity contribution is 8.13. The van der Waals surface area contributed by atoms with Crippen molar-refractivity contribution in [2.45, 2.75) is 0 Å². The minimum Gasteiger partial charge on any atom is -0.497 e. The van der Waals surface area contributed by atoms with Crippen LogP contribution in [0.3, 0.4) is 0 Å². The summed E-state index contributed by atoms with van der Waals surface area (Å²) in [5.41, 5.74) is 1.96. The molecule has 0 aliphatic heterocycles. The predicted octanol–water partition coefficient (Wildman–Crippen LogP) is 3.76. The Morgan fingerprint density at radius 1 is 1.08 bits per heavy atom. The van der Waals surface area contributed by atoms with Gasteiger partial charge in [0.15, 0.2) is 11.4 Å². The Kier molecular flexibility index (Phi) is 6.68. The van der Waals surface area contributed by atoms with E-state index in [9.17, 15) is 4.79 Å². The van der Waals surface area contributed by atoms with Crippen LogP contribution >= 0.6 is 11.8 Å². The molecule has 0 aromatic heterocycles. The molecule has 3 N–H and O–H groups in total. The van der Waals surface area contributed by atoms with E-state index in [-0.39, 0.29) is 6.03 Å². The summed E-state index contributed by atoms with van der Waals surface area (Å²) < 4.78 is 5.07. The molecule has 0 unspecified atom stereocenters. The van der Waals surface area contributed by atoms with E-state index in [2.05, 4.69) is 20.9 Å². The molecule has 2 aromatic carbocycles. The molecular formula is C17H17N5O2S. The summed E-state index contributed by atoms with van der Waals surface area (Å²) in [4.78, 5) is 16.3. The van der Waals surface area contributed by atoms with Gasteiger partial charge in [0.05, 0.1) is 12.8 Å². The standard InChI is InChI=1S/C17H17N5O2S/c1-24-15-9-7-13(8-10-15)21-16(23)20-12-3-5-14(6-4-12)22-17(25-2)19-11-18/h3-10H,1-2H3,(H,19,22)(H2,20,21,23). The van der Waals surface area contributed by atoms with E-state index in [0.29, 0.717) is 22.2 Å². The fourth-order valence-electron chi connectivity index (χ4n) is 1.88. The Hall–Kier alpha value is -3.18. The first-order chi connectivity index (χ1) is 12.1. The zero-order chi connectivity index (χ0) is 18.1. The Balaban J connectivity index is 1.95. The number of nitriles is 1. The highest BCUT2D eigenvalue weighted by Crippen LogP contribution is 2.19. The first kappa shape index (κ1) is 18.2. The average molecular weight is 355 g/mol. The summed E-state index contributed by atoms with van der Waals surface area (Å²) in [5.74, 6) is 0.720. The van der Waals surface area contributed by atoms with Crippen molar-refractivity contribution in [3.63, 3.8) is 0 Å². The van der Waals surface area contributed by atoms with Gasteiger partial charge in [0.1, 0.15) is 5.75 Å². The van der Waals surface area contributed by atoms with Gasteiger partial charge in [0.25, 0.3) is 0 Å². The monoisotopic (exact) mass is 355 g/mol. The van der Waals surface area contributed by atoms with Gasteiger partial charge in [-0.25, -0.2) is 9.79 Å². The van der Waals surface area contributed by atoms with Gasteiger partial charge >= 0.3 is 6.03 Å². The molecule has 0 fully saturated rings. The maximum absolute atomic E-state index is 12.0. The van der Waals surface area contributed by atoms with E-state index in [1.165, 1.54) is 11.8 Å². The van der Waals surface area contributed by atoms with Crippen LogP contribution in [0.5, 0.6) is 5.75 Å². The molecule has 2 amide bonds. The number of benzene rings is 2. The molecule has 0 saturated carbocycles. The summed E-state index contributed by atoms with van der Waals surface area (Å²) in [6.07, 6.45) is 3.65. The van der Waals surface area contributed by atoms with E-state index < -0.39 is 0 Å². The number of carbonyl (C=O) groups excluding carboxylic acids is 1. The lowest BCUT2D eigenvalue weighted by molar-refractivity contribution is 0.262. The second-order valence-corrected chi connectivity index (χ2v) is 5.51. The molecular weight excluding hydrogens is 338 g/mol. The third-order valence-electron chi connectivity index (χ3n) is 3.06. The third kappa shape index (κ3) is 5.75. The Bertz CT molecular complexity index is 782. The average Bonchev–Trinajstić information content (AvgIpc) is 2.63. The summed E-state index contributed by atoms with van der Waals surface area (Å²) in [6, 6.07) is 13.6. The van der Waals surface area contributed by atoms with E-state index in [0.717, 1.165) is 5.75 Å². The smallest absolute Gasteiger partial charge is 0.323 e. The number of nitrogens with zero attached hydrogens (tertiary/aromatic N) is 2. The number of hydrogen-bond donors (Lipinski definition) is 3. The van der Waals surface area contributed by atoms with Crippen LogP contribution in [0.15, 0.2) is 53.5 Å². The number of anilines is 2. The molecule has 8 heteroatoms. The van der Waals surface area contributed by atoms with E-state index >= 15 is 0 Å². The predicted molar refractivity (Wildman–Crippen MR) is 101 cm³/mol. The SMILES string of the molecule is COc1ccc(NC(=O)Nc2ccc(N=C(NC#N)SC)cc2)cc1. The van der Waals surface area contributed by atoms with Crippen molar-refractivity contribution in [1.29, 1.82) is 5.26 Å². The van der Waals surface area contributed by atoms with Crippen LogP contribution in [-0.4, -0.2) is 24.6 Å². The topological polar surface area (TPSA) is 98.5 Å². The first-order valence-corrected chi connectivity index (χ1v) is 8.47. The normalized spacial score (nSPS) is 10.5. The number of amides is 2. The zero-order valence-corrected chi connectivity index (χ0v) is 14.6. The van der Waals surface area contributed by atoms with Gasteiger partial charge in [-0.1, -0.05) is 11.8 Å². The Morgan fingerprint density at radius 2 is 1.64 bits per heavy atom. The Morgan fingerprint density at radius 3 is 2.12 bits per heavy atom. The van der Waals surface area contributed by atoms with Crippen LogP contribution in [0, 0.1) is 11.5 Å². The van der Waals surface area contributed by atoms with Crippen molar-refractivity contribution < 1.29 is 9.53 Å². The van der Waals surface area contributed by atoms with Crippen molar-refractivity contribution in [2.24, 2.45) is 4.99 Å². The fraction of sp³-hybridized carbons (Fsp3) is 0.118. The number of amidine groups is 1. The number of methoxy groups -OCH3 is 1. The number of aliphatic imine (C=N–C) groups is 1. The lowest BCUT2D eigenvalue weighted by Gasteiger charge is -2.08. The van der Waals surface area contributed by atoms with E-state index in [1.54, 1.807) is 55.6 Å². The van der Waals surface area contributed by atoms with Crippen molar-refractivity contribution in [2.75, 3.05) is 24.0 Å². The molecule has 0 radical (unpaired) electrons. The molecule has 0 aliphatic carbocycles. The fourth-order valence-corrected chi connectivity index (χ4v) is 2.22. The highest BCUT2D eigenvalue weighted by Gasteiger charge is 2.03. The van der Waals surface area contributed by atoms with Gasteiger partial charge < -0.3 is 15.4 Å². The van der Waals surface area contributed by atoms with Crippen molar-refractivity contribution in [3.8, 4) is 11.9 Å². The molecule has 0 saturated heterocycles. The van der Waals surface area contributed by atoms with E-state index in [4.69, 9.17) is 10.00 Å². The number of carbonyl (C=O) groups is 1. The van der Waals surface area contributed by atoms with Crippen molar-refractivity contribution >= 4 is 40.0 Å². The number of ether oxygens (including phenoxy) is 1. The number of thioether (sulfide) groups is 1. The summed E-state index contributed by atoms with van der Waals surface area (Å²) in [7, 11) is 1.58. The molecule has 0 aliphatic rings. The van der Waals surface area contributed by atoms with Gasteiger partial charge in [0.2, 0.25) is 0 Å². The van der Waals surface area contributed by atoms with Gasteiger partial charge in [0, 0.05) is 11.4 Å². The second kappa shape index (κ2) is 9.20. The number of hydrogen-bond acceptors (Lipinski definition) is 5. The molecule has 7 nitrogen and oxygen atoms in total. The third-order valence-corrected chi connectivity index (χ3v) is 3.64. The quantitative estimate of drug-likeness (QED) is 0.336. The van der Waals surface area contributed by atoms with Crippen LogP contribution in [-0.2, 0) is 0 Å². The zero-order valence-electron chi connectivity index (χ0n) is 13.7. The van der Waals surface area contributed by atoms with Crippen LogP contribution in [0.2, 0.25) is 0 Å². The summed E-state index contributed by atoms with van der Waals surface area (Å²) in [6.45, 7) is 0. The van der Waals surface area contributed by atoms with Crippen LogP contribution < -0.4 is 20.7 Å². The van der Waals surface area contributed by atoms with Crippen molar-refractivity contribution in [3.05, 3.63) is 48.5 Å². The molecule has 2 aromatic rings. The minimum absolute atomic E-state index is 0.350. The molecule has 25 heavy (non-hydrogen) atoms. The Labute approximate surface area is 150 Å². The molecule has 0 bridgehead atoms. The number of nitrogens with one attached hydrogen (secondary N) is 3. The first-order valence-electron chi connectivity index (χ1n) is 7.24. The van der Waals surface area contributed by atoms with Gasteiger partial charge in [-0.2, -0.15) is 5.26 Å². The molecule has 0 spiro atoms. The number of urea groups is 1. The van der Waals surface area contributed by atoms with E-state index in [1.807, 2.05) is 12.4 Å². The van der Waals surface area contributed by atoms with Crippen LogP contribution in [0.4, 0.5) is 21.9 Å². The van der Waals surface area contributed by atoms with Gasteiger partial charge in [-0.05, 0) is 54.8 Å². The molecule has 128 valence electrons. The largest absolute Gasteiger partial charge is 0.497 e. The second-order valence-electron chi connectivity index (χ2n) is 4.71. The van der Waals surface area contributed by atoms with Crippen molar-refractivity contribution in [1.82, 2.24) is 5.32 Å². The lowest BCUT2D eigenvalue weighted by Crippen LogP contribution is -2.19. The molecule has 0 heterocycles. The van der Waals surface area contributed by atoms with Gasteiger partial charge in [-0.15, -0.1) is 0 Å². The van der Waals surface area contributed by atoms with Crippen LogP contribution in [0.25, 0.3) is 0 Å². The summed E-state index contributed by atoms with van der Waals surface area (Å²) >= 11 is 1.34. The highest BCUT2D eigenvalue weighted by atomic mass is 32.2. The molecule has 0 atom stereocenters. The van der Waals surface area contributed by atoms with Gasteiger partial charge in [-0.3, -0.25) is 5.32 Å². The molecule has 2 rings (SSSR count). The maximum atomic E-state index is 12.0. The minimum atomic E-state index is -0.350. The number of rotatable bonds is 4.